The van der Waals surface area contributed by atoms with Crippen LogP contribution in [0, 0.1) is 0 Å². The van der Waals surface area contributed by atoms with Crippen LogP contribution in [0.15, 0.2) is 59.6 Å². The first-order valence-electron chi connectivity index (χ1n) is 11.8. The van der Waals surface area contributed by atoms with Gasteiger partial charge in [0.05, 0.1) is 11.0 Å². The number of nitrogens with one attached hydrogen (secondary N) is 3. The molecule has 0 unspecified atom stereocenters. The number of rotatable bonds is 7. The van der Waals surface area contributed by atoms with Crippen LogP contribution in [-0.2, 0) is 6.54 Å². The number of urea groups is 1. The van der Waals surface area contributed by atoms with E-state index in [1.807, 2.05) is 54.7 Å². The fourth-order valence-electron chi connectivity index (χ4n) is 3.64. The Balaban J connectivity index is 1.49. The Hall–Kier alpha value is -2.59. The van der Waals surface area contributed by atoms with Crippen molar-refractivity contribution in [2.24, 2.45) is 0 Å². The fraction of sp³-hybridized carbons (Fsp3) is 0.385. The number of amides is 2. The van der Waals surface area contributed by atoms with Crippen LogP contribution in [0.25, 0.3) is 10.4 Å². The van der Waals surface area contributed by atoms with Crippen LogP contribution >= 0.6 is 23.3 Å². The van der Waals surface area contributed by atoms with Crippen molar-refractivity contribution in [3.05, 3.63) is 60.3 Å². The van der Waals surface area contributed by atoms with Crippen LogP contribution in [0.5, 0.6) is 0 Å². The average molecular weight is 512 g/mol. The first kappa shape index (κ1) is 25.5. The number of hydrogen-bond acceptors (Lipinski definition) is 7. The molecule has 1 aliphatic heterocycles. The molecule has 2 heterocycles. The molecule has 0 atom stereocenters. The number of aliphatic hydroxyl groups is 1. The summed E-state index contributed by atoms with van der Waals surface area (Å²) in [4.78, 5) is 21.5. The largest absolute Gasteiger partial charge is 0.393 e. The minimum absolute atomic E-state index is 0.0775. The van der Waals surface area contributed by atoms with E-state index in [4.69, 9.17) is 0 Å². The van der Waals surface area contributed by atoms with Crippen LogP contribution in [0.2, 0.25) is 0 Å². The van der Waals surface area contributed by atoms with E-state index in [0.29, 0.717) is 6.54 Å². The van der Waals surface area contributed by atoms with Gasteiger partial charge in [0.15, 0.2) is 5.13 Å². The number of hydrogen-bond donors (Lipinski definition) is 4. The minimum atomic E-state index is -0.242. The number of aromatic nitrogens is 1. The standard InChI is InChI=1S/C26H33N5O2S2/c1-26(2,3)30-35-22-15-19(29-24(33)27-16-18-7-5-4-6-8-18)9-10-21(22)23-17-28-25(34-23)31-13-11-20(32)12-14-31/h4-10,15,17,20,30,32H,11-14,16H2,1-3H3,(H2,27,29,33). The number of carbonyl (C=O) groups is 1. The van der Waals surface area contributed by atoms with E-state index in [-0.39, 0.29) is 17.7 Å². The van der Waals surface area contributed by atoms with Gasteiger partial charge in [0.1, 0.15) is 0 Å². The van der Waals surface area contributed by atoms with E-state index in [2.05, 4.69) is 46.0 Å². The molecule has 2 aromatic carbocycles. The molecule has 0 radical (unpaired) electrons. The lowest BCUT2D eigenvalue weighted by Gasteiger charge is -2.29. The topological polar surface area (TPSA) is 89.5 Å². The van der Waals surface area contributed by atoms with Gasteiger partial charge in [-0.2, -0.15) is 0 Å². The Bertz CT molecular complexity index is 1120. The van der Waals surface area contributed by atoms with E-state index in [1.54, 1.807) is 23.3 Å². The predicted molar refractivity (Wildman–Crippen MR) is 146 cm³/mol. The van der Waals surface area contributed by atoms with Crippen molar-refractivity contribution in [2.45, 2.75) is 56.7 Å². The fourth-order valence-corrected chi connectivity index (χ4v) is 5.60. The van der Waals surface area contributed by atoms with Crippen molar-refractivity contribution < 1.29 is 9.90 Å². The maximum Gasteiger partial charge on any atom is 0.319 e. The third-order valence-electron chi connectivity index (χ3n) is 5.50. The third-order valence-corrected chi connectivity index (χ3v) is 7.86. The van der Waals surface area contributed by atoms with Crippen LogP contribution in [-0.4, -0.2) is 40.9 Å². The van der Waals surface area contributed by atoms with Gasteiger partial charge in [-0.15, -0.1) is 0 Å². The Kier molecular flexibility index (Phi) is 8.33. The molecule has 7 nitrogen and oxygen atoms in total. The molecule has 1 fully saturated rings. The SMILES string of the molecule is CC(C)(C)NSc1cc(NC(=O)NCc2ccccc2)ccc1-c1cnc(N2CCC(O)CC2)s1. The number of anilines is 2. The van der Waals surface area contributed by atoms with Gasteiger partial charge in [-0.25, -0.2) is 9.78 Å². The molecule has 0 saturated carbocycles. The van der Waals surface area contributed by atoms with Crippen LogP contribution in [0.4, 0.5) is 15.6 Å². The zero-order valence-electron chi connectivity index (χ0n) is 20.4. The number of benzene rings is 2. The number of aliphatic hydroxyl groups excluding tert-OH is 1. The lowest BCUT2D eigenvalue weighted by atomic mass is 10.1. The van der Waals surface area contributed by atoms with Gasteiger partial charge in [0.25, 0.3) is 0 Å². The molecule has 9 heteroatoms. The van der Waals surface area contributed by atoms with Gasteiger partial charge in [0.2, 0.25) is 0 Å². The molecule has 35 heavy (non-hydrogen) atoms. The van der Waals surface area contributed by atoms with Crippen molar-refractivity contribution in [1.29, 1.82) is 0 Å². The second kappa shape index (κ2) is 11.4. The van der Waals surface area contributed by atoms with E-state index < -0.39 is 0 Å². The summed E-state index contributed by atoms with van der Waals surface area (Å²) in [5.41, 5.74) is 2.77. The summed E-state index contributed by atoms with van der Waals surface area (Å²) in [6, 6.07) is 15.6. The highest BCUT2D eigenvalue weighted by Gasteiger charge is 2.21. The molecule has 0 aliphatic carbocycles. The Morgan fingerprint density at radius 2 is 1.91 bits per heavy atom. The Morgan fingerprint density at radius 1 is 1.17 bits per heavy atom. The summed E-state index contributed by atoms with van der Waals surface area (Å²) in [7, 11) is 0. The molecular formula is C26H33N5O2S2. The zero-order valence-corrected chi connectivity index (χ0v) is 22.0. The van der Waals surface area contributed by atoms with Crippen molar-refractivity contribution in [2.75, 3.05) is 23.3 Å². The smallest absolute Gasteiger partial charge is 0.319 e. The maximum atomic E-state index is 12.5. The maximum absolute atomic E-state index is 12.5. The molecule has 3 aromatic rings. The summed E-state index contributed by atoms with van der Waals surface area (Å²) in [5.74, 6) is 0. The van der Waals surface area contributed by atoms with Crippen molar-refractivity contribution >= 4 is 40.1 Å². The number of nitrogens with zero attached hydrogens (tertiary/aromatic N) is 2. The van der Waals surface area contributed by atoms with Gasteiger partial charge in [-0.3, -0.25) is 4.72 Å². The lowest BCUT2D eigenvalue weighted by Crippen LogP contribution is -2.35. The number of thiazole rings is 1. The van der Waals surface area contributed by atoms with E-state index >= 15 is 0 Å². The third kappa shape index (κ3) is 7.44. The molecule has 4 rings (SSSR count). The van der Waals surface area contributed by atoms with E-state index in [9.17, 15) is 9.90 Å². The van der Waals surface area contributed by atoms with Crippen molar-refractivity contribution in [3.8, 4) is 10.4 Å². The minimum Gasteiger partial charge on any atom is -0.393 e. The van der Waals surface area contributed by atoms with Crippen LogP contribution in [0.1, 0.15) is 39.2 Å². The molecule has 0 bridgehead atoms. The molecule has 1 aliphatic rings. The van der Waals surface area contributed by atoms with Gasteiger partial charge in [-0.1, -0.05) is 47.7 Å². The average Bonchev–Trinajstić information content (AvgIpc) is 3.32. The molecule has 4 N–H and O–H groups in total. The molecular weight excluding hydrogens is 478 g/mol. The summed E-state index contributed by atoms with van der Waals surface area (Å²) in [5, 5.41) is 16.7. The second-order valence-electron chi connectivity index (χ2n) is 9.68. The highest BCUT2D eigenvalue weighted by molar-refractivity contribution is 7.97. The quantitative estimate of drug-likeness (QED) is 0.314. The lowest BCUT2D eigenvalue weighted by molar-refractivity contribution is 0.145. The summed E-state index contributed by atoms with van der Waals surface area (Å²) >= 11 is 3.22. The van der Waals surface area contributed by atoms with Gasteiger partial charge in [0, 0.05) is 47.5 Å². The van der Waals surface area contributed by atoms with Gasteiger partial charge in [-0.05, 0) is 63.3 Å². The number of carbonyl (C=O) groups excluding carboxylic acids is 1. The highest BCUT2D eigenvalue weighted by atomic mass is 32.2. The van der Waals surface area contributed by atoms with Crippen molar-refractivity contribution in [1.82, 2.24) is 15.0 Å². The molecule has 0 spiro atoms. The monoisotopic (exact) mass is 511 g/mol. The van der Waals surface area contributed by atoms with Crippen LogP contribution in [0.3, 0.4) is 0 Å². The number of piperidine rings is 1. The first-order valence-corrected chi connectivity index (χ1v) is 13.5. The van der Waals surface area contributed by atoms with E-state index in [1.165, 1.54) is 0 Å². The summed E-state index contributed by atoms with van der Waals surface area (Å²) in [6.45, 7) is 8.47. The molecule has 1 aromatic heterocycles. The normalized spacial score (nSPS) is 14.7. The Morgan fingerprint density at radius 3 is 2.63 bits per heavy atom. The summed E-state index contributed by atoms with van der Waals surface area (Å²) < 4.78 is 3.48. The first-order chi connectivity index (χ1) is 16.8. The zero-order chi connectivity index (χ0) is 24.8. The molecule has 1 saturated heterocycles. The van der Waals surface area contributed by atoms with Gasteiger partial charge < -0.3 is 20.6 Å². The highest BCUT2D eigenvalue weighted by Crippen LogP contribution is 2.38. The predicted octanol–water partition coefficient (Wildman–Crippen LogP) is 5.49. The van der Waals surface area contributed by atoms with E-state index in [0.717, 1.165) is 57.6 Å². The van der Waals surface area contributed by atoms with Crippen molar-refractivity contribution in [3.63, 3.8) is 0 Å². The molecule has 186 valence electrons. The molecule has 2 amide bonds. The Labute approximate surface area is 215 Å². The summed E-state index contributed by atoms with van der Waals surface area (Å²) in [6.07, 6.45) is 3.26. The van der Waals surface area contributed by atoms with Crippen LogP contribution < -0.4 is 20.3 Å². The second-order valence-corrected chi connectivity index (χ2v) is 11.5. The van der Waals surface area contributed by atoms with Gasteiger partial charge >= 0.3 is 6.03 Å².